The first-order valence-corrected chi connectivity index (χ1v) is 12.3. The van der Waals surface area contributed by atoms with Crippen molar-refractivity contribution in [2.24, 2.45) is 0 Å². The fourth-order valence-corrected chi connectivity index (χ4v) is 5.13. The van der Waals surface area contributed by atoms with Crippen molar-refractivity contribution in [2.45, 2.75) is 45.2 Å². The summed E-state index contributed by atoms with van der Waals surface area (Å²) in [4.78, 5) is 43.2. The normalized spacial score (nSPS) is 18.7. The van der Waals surface area contributed by atoms with E-state index in [1.807, 2.05) is 29.2 Å². The molecular formula is C24H29N5O5S. The maximum atomic E-state index is 13.9. The van der Waals surface area contributed by atoms with Crippen molar-refractivity contribution >= 4 is 29.4 Å². The van der Waals surface area contributed by atoms with Crippen LogP contribution in [0.15, 0.2) is 35.5 Å². The molecule has 0 bridgehead atoms. The zero-order valence-corrected chi connectivity index (χ0v) is 20.9. The average molecular weight is 500 g/mol. The number of nitrogens with one attached hydrogen (secondary N) is 1. The molecule has 2 aliphatic rings. The van der Waals surface area contributed by atoms with E-state index in [0.717, 1.165) is 42.8 Å². The Balaban J connectivity index is 1.75. The largest absolute Gasteiger partial charge is 0.497 e. The number of rotatable bonds is 6. The minimum atomic E-state index is -0.848. The molecule has 2 aliphatic heterocycles. The zero-order valence-electron chi connectivity index (χ0n) is 20.1. The van der Waals surface area contributed by atoms with Gasteiger partial charge < -0.3 is 19.7 Å². The van der Waals surface area contributed by atoms with Gasteiger partial charge in [-0.15, -0.1) is 5.10 Å². The summed E-state index contributed by atoms with van der Waals surface area (Å²) in [7, 11) is 2.85. The Morgan fingerprint density at radius 3 is 2.43 bits per heavy atom. The fourth-order valence-electron chi connectivity index (χ4n) is 4.43. The van der Waals surface area contributed by atoms with Crippen LogP contribution in [0.2, 0.25) is 0 Å². The standard InChI is InChI=1S/C24H29N5O5S/c1-15-18(22(30)28-12-6-4-5-7-13-28)19(21-20(23(31)34-3)26-27-35-21)25-24(32)29(15)14-16-8-10-17(33-2)11-9-16/h8-11,19H,4-7,12-14H2,1-3H3,(H,25,32). The first-order chi connectivity index (χ1) is 16.9. The predicted octanol–water partition coefficient (Wildman–Crippen LogP) is 3.28. The van der Waals surface area contributed by atoms with Crippen molar-refractivity contribution in [2.75, 3.05) is 27.3 Å². The van der Waals surface area contributed by atoms with Crippen molar-refractivity contribution in [3.05, 3.63) is 51.7 Å². The summed E-state index contributed by atoms with van der Waals surface area (Å²) in [6.07, 6.45) is 4.02. The molecule has 0 aliphatic carbocycles. The van der Waals surface area contributed by atoms with Crippen molar-refractivity contribution in [3.63, 3.8) is 0 Å². The summed E-state index contributed by atoms with van der Waals surface area (Å²) in [6.45, 7) is 3.35. The minimum absolute atomic E-state index is 0.000343. The smallest absolute Gasteiger partial charge is 0.359 e. The molecule has 11 heteroatoms. The molecule has 1 atom stereocenters. The van der Waals surface area contributed by atoms with Crippen LogP contribution in [-0.2, 0) is 16.1 Å². The van der Waals surface area contributed by atoms with Gasteiger partial charge in [-0.1, -0.05) is 29.5 Å². The third kappa shape index (κ3) is 5.14. The molecule has 186 valence electrons. The molecule has 1 aromatic carbocycles. The van der Waals surface area contributed by atoms with Crippen molar-refractivity contribution < 1.29 is 23.9 Å². The first kappa shape index (κ1) is 24.6. The van der Waals surface area contributed by atoms with E-state index in [4.69, 9.17) is 9.47 Å². The monoisotopic (exact) mass is 499 g/mol. The van der Waals surface area contributed by atoms with E-state index in [2.05, 4.69) is 14.9 Å². The zero-order chi connectivity index (χ0) is 24.9. The van der Waals surface area contributed by atoms with Gasteiger partial charge in [0.15, 0.2) is 5.69 Å². The lowest BCUT2D eigenvalue weighted by Gasteiger charge is -2.37. The summed E-state index contributed by atoms with van der Waals surface area (Å²) < 4.78 is 14.0. The Morgan fingerprint density at radius 2 is 1.80 bits per heavy atom. The van der Waals surface area contributed by atoms with Crippen LogP contribution in [0.1, 0.15) is 59.6 Å². The topological polar surface area (TPSA) is 114 Å². The van der Waals surface area contributed by atoms with Crippen molar-refractivity contribution in [3.8, 4) is 5.75 Å². The summed E-state index contributed by atoms with van der Waals surface area (Å²) in [5.41, 5.74) is 1.83. The lowest BCUT2D eigenvalue weighted by atomic mass is 9.97. The number of amides is 3. The molecule has 35 heavy (non-hydrogen) atoms. The maximum absolute atomic E-state index is 13.9. The first-order valence-electron chi connectivity index (χ1n) is 11.6. The number of allylic oxidation sites excluding steroid dienone is 1. The highest BCUT2D eigenvalue weighted by atomic mass is 32.1. The lowest BCUT2D eigenvalue weighted by Crippen LogP contribution is -2.49. The van der Waals surface area contributed by atoms with E-state index < -0.39 is 12.0 Å². The Morgan fingerprint density at radius 1 is 1.11 bits per heavy atom. The highest BCUT2D eigenvalue weighted by Gasteiger charge is 2.40. The van der Waals surface area contributed by atoms with E-state index in [-0.39, 0.29) is 24.2 Å². The van der Waals surface area contributed by atoms with Gasteiger partial charge in [-0.2, -0.15) is 0 Å². The number of hydrogen-bond donors (Lipinski definition) is 1. The number of benzene rings is 1. The van der Waals surface area contributed by atoms with E-state index in [1.54, 1.807) is 18.9 Å². The molecule has 1 unspecified atom stereocenters. The van der Waals surface area contributed by atoms with Crippen LogP contribution in [0.25, 0.3) is 0 Å². The van der Waals surface area contributed by atoms with Crippen LogP contribution in [0.4, 0.5) is 4.79 Å². The lowest BCUT2D eigenvalue weighted by molar-refractivity contribution is -0.127. The number of urea groups is 1. The number of methoxy groups -OCH3 is 2. The number of aromatic nitrogens is 2. The van der Waals surface area contributed by atoms with E-state index in [0.29, 0.717) is 35.0 Å². The second-order valence-corrected chi connectivity index (χ2v) is 9.29. The molecule has 0 radical (unpaired) electrons. The average Bonchev–Trinajstić information content (AvgIpc) is 3.20. The van der Waals surface area contributed by atoms with Crippen LogP contribution in [0.3, 0.4) is 0 Å². The van der Waals surface area contributed by atoms with Gasteiger partial charge in [0, 0.05) is 18.8 Å². The maximum Gasteiger partial charge on any atom is 0.359 e. The SMILES string of the molecule is COC(=O)c1nnsc1C1NC(=O)N(Cc2ccc(OC)cc2)C(C)=C1C(=O)N1CCCCCC1. The molecule has 1 fully saturated rings. The number of carbonyl (C=O) groups is 3. The van der Waals surface area contributed by atoms with E-state index in [9.17, 15) is 14.4 Å². The third-order valence-corrected chi connectivity index (χ3v) is 7.16. The molecule has 3 amide bonds. The molecule has 0 saturated carbocycles. The fraction of sp³-hybridized carbons (Fsp3) is 0.458. The highest BCUT2D eigenvalue weighted by molar-refractivity contribution is 7.06. The van der Waals surface area contributed by atoms with Crippen LogP contribution >= 0.6 is 11.5 Å². The summed E-state index contributed by atoms with van der Waals surface area (Å²) in [5, 5.41) is 6.83. The van der Waals surface area contributed by atoms with Gasteiger partial charge in [0.2, 0.25) is 0 Å². The van der Waals surface area contributed by atoms with Crippen molar-refractivity contribution in [1.82, 2.24) is 24.7 Å². The number of likely N-dealkylation sites (tertiary alicyclic amines) is 1. The van der Waals surface area contributed by atoms with Crippen molar-refractivity contribution in [1.29, 1.82) is 0 Å². The van der Waals surface area contributed by atoms with Gasteiger partial charge in [-0.05, 0) is 49.0 Å². The van der Waals surface area contributed by atoms with Crippen LogP contribution in [0, 0.1) is 0 Å². The second kappa shape index (κ2) is 10.9. The van der Waals surface area contributed by atoms with Crippen LogP contribution in [0.5, 0.6) is 5.75 Å². The second-order valence-electron chi connectivity index (χ2n) is 8.50. The molecule has 3 heterocycles. The van der Waals surface area contributed by atoms with Gasteiger partial charge >= 0.3 is 12.0 Å². The molecular weight excluding hydrogens is 470 g/mol. The van der Waals surface area contributed by atoms with E-state index in [1.165, 1.54) is 7.11 Å². The molecule has 10 nitrogen and oxygen atoms in total. The Hall–Kier alpha value is -3.47. The highest BCUT2D eigenvalue weighted by Crippen LogP contribution is 2.36. The Labute approximate surface area is 208 Å². The molecule has 1 aromatic heterocycles. The van der Waals surface area contributed by atoms with E-state index >= 15 is 0 Å². The number of nitrogens with zero attached hydrogens (tertiary/aromatic N) is 4. The summed E-state index contributed by atoms with van der Waals surface area (Å²) >= 11 is 0.971. The molecule has 0 spiro atoms. The quantitative estimate of drug-likeness (QED) is 0.607. The van der Waals surface area contributed by atoms with Gasteiger partial charge in [0.05, 0.1) is 31.2 Å². The summed E-state index contributed by atoms with van der Waals surface area (Å²) in [6, 6.07) is 6.19. The molecule has 1 N–H and O–H groups in total. The van der Waals surface area contributed by atoms with Gasteiger partial charge in [-0.25, -0.2) is 9.59 Å². The predicted molar refractivity (Wildman–Crippen MR) is 129 cm³/mol. The number of esters is 1. The van der Waals surface area contributed by atoms with Gasteiger partial charge in [-0.3, -0.25) is 9.69 Å². The minimum Gasteiger partial charge on any atom is -0.497 e. The van der Waals surface area contributed by atoms with Gasteiger partial charge in [0.1, 0.15) is 11.8 Å². The number of hydrogen-bond acceptors (Lipinski definition) is 8. The van der Waals surface area contributed by atoms with Crippen LogP contribution < -0.4 is 10.1 Å². The number of carbonyl (C=O) groups excluding carboxylic acids is 3. The molecule has 2 aromatic rings. The molecule has 1 saturated heterocycles. The summed E-state index contributed by atoms with van der Waals surface area (Å²) in [5.74, 6) is -0.101. The molecule has 4 rings (SSSR count). The number of ether oxygens (including phenoxy) is 2. The van der Waals surface area contributed by atoms with Gasteiger partial charge in [0.25, 0.3) is 5.91 Å². The Bertz CT molecular complexity index is 1120. The third-order valence-electron chi connectivity index (χ3n) is 6.37. The van der Waals surface area contributed by atoms with Crippen LogP contribution in [-0.4, -0.2) is 64.6 Å². The Kier molecular flexibility index (Phi) is 7.64.